The van der Waals surface area contributed by atoms with Crippen LogP contribution in [0, 0.1) is 0 Å². The van der Waals surface area contributed by atoms with Crippen molar-refractivity contribution in [3.05, 3.63) is 53.4 Å². The minimum absolute atomic E-state index is 0.0900. The minimum Gasteiger partial charge on any atom is -0.496 e. The van der Waals surface area contributed by atoms with Gasteiger partial charge in [-0.3, -0.25) is 14.8 Å². The molecular weight excluding hydrogens is 348 g/mol. The number of benzene rings is 1. The number of anilines is 1. The van der Waals surface area contributed by atoms with E-state index in [-0.39, 0.29) is 5.91 Å². The summed E-state index contributed by atoms with van der Waals surface area (Å²) in [4.78, 5) is 27.8. The zero-order valence-electron chi connectivity index (χ0n) is 14.4. The zero-order valence-corrected chi connectivity index (χ0v) is 15.2. The number of carbonyl (C=O) groups is 1. The van der Waals surface area contributed by atoms with Gasteiger partial charge in [0.15, 0.2) is 0 Å². The Hall–Kier alpha value is -2.80. The number of carbonyl (C=O) groups excluding carboxylic acids is 1. The Morgan fingerprint density at radius 2 is 2.19 bits per heavy atom. The first-order valence-corrected chi connectivity index (χ1v) is 9.35. The quantitative estimate of drug-likeness (QED) is 0.708. The lowest BCUT2D eigenvalue weighted by Crippen LogP contribution is -2.32. The largest absolute Gasteiger partial charge is 0.496 e. The van der Waals surface area contributed by atoms with Gasteiger partial charge in [0.2, 0.25) is 0 Å². The molecular formula is C19H18N4O2S. The highest BCUT2D eigenvalue weighted by molar-refractivity contribution is 7.13. The van der Waals surface area contributed by atoms with Gasteiger partial charge in [0.1, 0.15) is 22.1 Å². The monoisotopic (exact) mass is 366 g/mol. The minimum atomic E-state index is -0.0900. The van der Waals surface area contributed by atoms with Gasteiger partial charge in [0.25, 0.3) is 5.91 Å². The summed E-state index contributed by atoms with van der Waals surface area (Å²) in [7, 11) is 1.67. The summed E-state index contributed by atoms with van der Waals surface area (Å²) in [5, 5.41) is 2.49. The molecule has 0 aliphatic carbocycles. The average molecular weight is 366 g/mol. The van der Waals surface area contributed by atoms with Crippen molar-refractivity contribution in [2.45, 2.75) is 19.3 Å². The third-order valence-electron chi connectivity index (χ3n) is 4.43. The van der Waals surface area contributed by atoms with Crippen LogP contribution in [0.4, 0.5) is 5.69 Å². The van der Waals surface area contributed by atoms with Gasteiger partial charge >= 0.3 is 0 Å². The molecule has 0 spiro atoms. The van der Waals surface area contributed by atoms with E-state index in [4.69, 9.17) is 4.74 Å². The second-order valence-electron chi connectivity index (χ2n) is 6.00. The lowest BCUT2D eigenvalue weighted by molar-refractivity contribution is 0.0983. The van der Waals surface area contributed by atoms with E-state index in [1.54, 1.807) is 31.1 Å². The van der Waals surface area contributed by atoms with Gasteiger partial charge in [0, 0.05) is 29.9 Å². The lowest BCUT2D eigenvalue weighted by atomic mass is 10.1. The van der Waals surface area contributed by atoms with Crippen LogP contribution < -0.4 is 9.64 Å². The summed E-state index contributed by atoms with van der Waals surface area (Å²) < 4.78 is 5.50. The summed E-state index contributed by atoms with van der Waals surface area (Å²) >= 11 is 1.40. The van der Waals surface area contributed by atoms with Crippen molar-refractivity contribution in [2.75, 3.05) is 18.6 Å². The first-order valence-electron chi connectivity index (χ1n) is 8.47. The van der Waals surface area contributed by atoms with E-state index < -0.39 is 0 Å². The molecule has 3 aromatic rings. The van der Waals surface area contributed by atoms with Gasteiger partial charge in [-0.05, 0) is 31.4 Å². The van der Waals surface area contributed by atoms with Gasteiger partial charge in [-0.2, -0.15) is 0 Å². The molecule has 0 saturated carbocycles. The maximum atomic E-state index is 13.2. The molecule has 0 atom stereocenters. The standard InChI is InChI=1S/C19H18N4O2S/c1-25-17-7-4-6-16-13(17)5-2-3-10-23(16)19(24)15-12-26-18(22-15)14-11-20-8-9-21-14/h4,6-9,11-12H,2-3,5,10H2,1H3. The molecule has 1 aliphatic rings. The molecule has 6 nitrogen and oxygen atoms in total. The smallest absolute Gasteiger partial charge is 0.277 e. The number of amides is 1. The molecule has 132 valence electrons. The molecule has 0 fully saturated rings. The number of nitrogens with zero attached hydrogens (tertiary/aromatic N) is 4. The molecule has 26 heavy (non-hydrogen) atoms. The van der Waals surface area contributed by atoms with Crippen LogP contribution in [0.2, 0.25) is 0 Å². The predicted molar refractivity (Wildman–Crippen MR) is 101 cm³/mol. The van der Waals surface area contributed by atoms with Crippen LogP contribution in [-0.4, -0.2) is 34.5 Å². The van der Waals surface area contributed by atoms with Crippen LogP contribution in [0.25, 0.3) is 10.7 Å². The summed E-state index contributed by atoms with van der Waals surface area (Å²) in [5.41, 5.74) is 3.12. The predicted octanol–water partition coefficient (Wildman–Crippen LogP) is 3.59. The van der Waals surface area contributed by atoms with Crippen molar-refractivity contribution in [1.29, 1.82) is 0 Å². The number of aromatic nitrogens is 3. The van der Waals surface area contributed by atoms with Gasteiger partial charge in [-0.25, -0.2) is 4.98 Å². The number of thiazole rings is 1. The molecule has 1 aromatic carbocycles. The Balaban J connectivity index is 1.68. The SMILES string of the molecule is COc1cccc2c1CCCCN2C(=O)c1csc(-c2cnccn2)n1. The highest BCUT2D eigenvalue weighted by atomic mass is 32.1. The van der Waals surface area contributed by atoms with E-state index in [0.717, 1.165) is 36.3 Å². The molecule has 0 saturated heterocycles. The fourth-order valence-corrected chi connectivity index (χ4v) is 3.94. The van der Waals surface area contributed by atoms with Crippen LogP contribution in [0.5, 0.6) is 5.75 Å². The van der Waals surface area contributed by atoms with E-state index in [2.05, 4.69) is 15.0 Å². The molecule has 0 bridgehead atoms. The topological polar surface area (TPSA) is 68.2 Å². The first-order chi connectivity index (χ1) is 12.8. The van der Waals surface area contributed by atoms with Crippen molar-refractivity contribution >= 4 is 22.9 Å². The van der Waals surface area contributed by atoms with Gasteiger partial charge in [-0.15, -0.1) is 11.3 Å². The number of hydrogen-bond acceptors (Lipinski definition) is 6. The fourth-order valence-electron chi connectivity index (χ4n) is 3.19. The van der Waals surface area contributed by atoms with Gasteiger partial charge in [-0.1, -0.05) is 6.07 Å². The highest BCUT2D eigenvalue weighted by Crippen LogP contribution is 2.34. The summed E-state index contributed by atoms with van der Waals surface area (Å²) in [6.07, 6.45) is 7.77. The fraction of sp³-hybridized carbons (Fsp3) is 0.263. The van der Waals surface area contributed by atoms with Crippen LogP contribution >= 0.6 is 11.3 Å². The molecule has 4 rings (SSSR count). The number of methoxy groups -OCH3 is 1. The molecule has 2 aromatic heterocycles. The Morgan fingerprint density at radius 3 is 3.00 bits per heavy atom. The summed E-state index contributed by atoms with van der Waals surface area (Å²) in [6.45, 7) is 0.678. The summed E-state index contributed by atoms with van der Waals surface area (Å²) in [5.74, 6) is 0.744. The molecule has 0 radical (unpaired) electrons. The Kier molecular flexibility index (Phi) is 4.62. The Morgan fingerprint density at radius 1 is 1.27 bits per heavy atom. The first kappa shape index (κ1) is 16.7. The van der Waals surface area contributed by atoms with Gasteiger partial charge < -0.3 is 9.64 Å². The molecule has 1 amide bonds. The molecule has 1 aliphatic heterocycles. The molecule has 0 N–H and O–H groups in total. The number of rotatable bonds is 3. The summed E-state index contributed by atoms with van der Waals surface area (Å²) in [6, 6.07) is 5.86. The van der Waals surface area contributed by atoms with Crippen LogP contribution in [0.1, 0.15) is 28.9 Å². The second-order valence-corrected chi connectivity index (χ2v) is 6.86. The van der Waals surface area contributed by atoms with Crippen molar-refractivity contribution in [2.24, 2.45) is 0 Å². The molecule has 7 heteroatoms. The van der Waals surface area contributed by atoms with Gasteiger partial charge in [0.05, 0.1) is 19.0 Å². The number of hydrogen-bond donors (Lipinski definition) is 0. The van der Waals surface area contributed by atoms with E-state index in [1.807, 2.05) is 23.1 Å². The van der Waals surface area contributed by atoms with E-state index in [1.165, 1.54) is 11.3 Å². The van der Waals surface area contributed by atoms with E-state index in [0.29, 0.717) is 22.9 Å². The van der Waals surface area contributed by atoms with Crippen LogP contribution in [0.15, 0.2) is 42.2 Å². The number of fused-ring (bicyclic) bond motifs is 1. The maximum Gasteiger partial charge on any atom is 0.277 e. The van der Waals surface area contributed by atoms with Crippen LogP contribution in [0.3, 0.4) is 0 Å². The lowest BCUT2D eigenvalue weighted by Gasteiger charge is -2.23. The van der Waals surface area contributed by atoms with E-state index in [9.17, 15) is 4.79 Å². The third kappa shape index (κ3) is 3.06. The molecule has 3 heterocycles. The second kappa shape index (κ2) is 7.21. The maximum absolute atomic E-state index is 13.2. The Labute approximate surface area is 155 Å². The zero-order chi connectivity index (χ0) is 17.9. The highest BCUT2D eigenvalue weighted by Gasteiger charge is 2.26. The normalized spacial score (nSPS) is 13.8. The molecule has 0 unspecified atom stereocenters. The van der Waals surface area contributed by atoms with E-state index >= 15 is 0 Å². The van der Waals surface area contributed by atoms with Crippen molar-refractivity contribution in [1.82, 2.24) is 15.0 Å². The average Bonchev–Trinajstić information content (AvgIpc) is 3.08. The third-order valence-corrected chi connectivity index (χ3v) is 5.29. The van der Waals surface area contributed by atoms with Crippen molar-refractivity contribution in [3.63, 3.8) is 0 Å². The van der Waals surface area contributed by atoms with Crippen molar-refractivity contribution < 1.29 is 9.53 Å². The number of ether oxygens (including phenoxy) is 1. The van der Waals surface area contributed by atoms with Crippen molar-refractivity contribution in [3.8, 4) is 16.5 Å². The van der Waals surface area contributed by atoms with Crippen LogP contribution in [-0.2, 0) is 6.42 Å². The Bertz CT molecular complexity index is 926.